The summed E-state index contributed by atoms with van der Waals surface area (Å²) in [5, 5.41) is 11.8. The lowest BCUT2D eigenvalue weighted by atomic mass is 9.96. The van der Waals surface area contributed by atoms with Gasteiger partial charge in [-0.1, -0.05) is 13.8 Å². The lowest BCUT2D eigenvalue weighted by Gasteiger charge is -2.33. The van der Waals surface area contributed by atoms with E-state index in [9.17, 15) is 9.59 Å². The highest BCUT2D eigenvalue weighted by molar-refractivity contribution is 9.10. The Labute approximate surface area is 170 Å². The first kappa shape index (κ1) is 23.0. The molecule has 0 spiro atoms. The van der Waals surface area contributed by atoms with Crippen LogP contribution in [0.3, 0.4) is 0 Å². The number of amides is 2. The average Bonchev–Trinajstić information content (AvgIpc) is 2.63. The van der Waals surface area contributed by atoms with E-state index in [4.69, 9.17) is 10.00 Å². The van der Waals surface area contributed by atoms with Gasteiger partial charge in [0.15, 0.2) is 0 Å². The summed E-state index contributed by atoms with van der Waals surface area (Å²) >= 11 is 3.36. The molecular weight excluding hydrogens is 410 g/mol. The van der Waals surface area contributed by atoms with Crippen molar-refractivity contribution in [2.45, 2.75) is 53.1 Å². The van der Waals surface area contributed by atoms with Gasteiger partial charge in [-0.3, -0.25) is 4.79 Å². The standard InChI is InChI=1S/C18H22BrN3O3.C2H6/c1-18(2,3)25-17(24)22-8-6-13(7-9-22)16(23)21-15-5-4-12(11-20)10-14(15)19;1-2/h4-5,10,13H,6-9H2,1-3H3,(H,21,23);1-2H3. The van der Waals surface area contributed by atoms with Gasteiger partial charge in [-0.2, -0.15) is 5.26 Å². The largest absolute Gasteiger partial charge is 0.444 e. The molecule has 7 heteroatoms. The van der Waals surface area contributed by atoms with E-state index in [1.807, 2.05) is 34.6 Å². The van der Waals surface area contributed by atoms with Gasteiger partial charge in [0.2, 0.25) is 5.91 Å². The van der Waals surface area contributed by atoms with Crippen LogP contribution in [-0.2, 0) is 9.53 Å². The van der Waals surface area contributed by atoms with Gasteiger partial charge in [-0.05, 0) is 67.7 Å². The maximum absolute atomic E-state index is 12.4. The smallest absolute Gasteiger partial charge is 0.410 e. The molecule has 1 aliphatic heterocycles. The van der Waals surface area contributed by atoms with Crippen LogP contribution in [0.4, 0.5) is 10.5 Å². The van der Waals surface area contributed by atoms with E-state index in [0.717, 1.165) is 0 Å². The van der Waals surface area contributed by atoms with Crippen molar-refractivity contribution < 1.29 is 14.3 Å². The number of nitriles is 1. The number of carbonyl (C=O) groups excluding carboxylic acids is 2. The van der Waals surface area contributed by atoms with Crippen LogP contribution in [0.2, 0.25) is 0 Å². The third kappa shape index (κ3) is 7.22. The molecule has 148 valence electrons. The van der Waals surface area contributed by atoms with Gasteiger partial charge in [0.05, 0.1) is 17.3 Å². The summed E-state index contributed by atoms with van der Waals surface area (Å²) < 4.78 is 6.03. The minimum atomic E-state index is -0.521. The summed E-state index contributed by atoms with van der Waals surface area (Å²) in [6, 6.07) is 7.08. The molecule has 0 unspecified atom stereocenters. The molecule has 1 fully saturated rings. The van der Waals surface area contributed by atoms with Crippen molar-refractivity contribution >= 4 is 33.6 Å². The molecule has 1 saturated heterocycles. The number of nitrogens with zero attached hydrogens (tertiary/aromatic N) is 2. The Hall–Kier alpha value is -2.07. The topological polar surface area (TPSA) is 82.4 Å². The molecular formula is C20H28BrN3O3. The number of likely N-dealkylation sites (tertiary alicyclic amines) is 1. The van der Waals surface area contributed by atoms with Gasteiger partial charge >= 0.3 is 6.09 Å². The fourth-order valence-corrected chi connectivity index (χ4v) is 3.05. The number of rotatable bonds is 2. The molecule has 0 aliphatic carbocycles. The van der Waals surface area contributed by atoms with E-state index in [2.05, 4.69) is 27.3 Å². The number of benzene rings is 1. The van der Waals surface area contributed by atoms with Gasteiger partial charge in [0, 0.05) is 23.5 Å². The third-order valence-corrected chi connectivity index (χ3v) is 4.53. The monoisotopic (exact) mass is 437 g/mol. The summed E-state index contributed by atoms with van der Waals surface area (Å²) in [7, 11) is 0. The van der Waals surface area contributed by atoms with Crippen LogP contribution < -0.4 is 5.32 Å². The van der Waals surface area contributed by atoms with E-state index in [-0.39, 0.29) is 17.9 Å². The Balaban J connectivity index is 0.00000176. The summed E-state index contributed by atoms with van der Waals surface area (Å²) in [4.78, 5) is 26.2. The van der Waals surface area contributed by atoms with E-state index in [0.29, 0.717) is 41.7 Å². The Morgan fingerprint density at radius 1 is 1.26 bits per heavy atom. The van der Waals surface area contributed by atoms with Crippen molar-refractivity contribution in [3.63, 3.8) is 0 Å². The molecule has 1 aromatic carbocycles. The van der Waals surface area contributed by atoms with Crippen LogP contribution in [0.25, 0.3) is 0 Å². The molecule has 6 nitrogen and oxygen atoms in total. The summed E-state index contributed by atoms with van der Waals surface area (Å²) in [6.07, 6.45) is 0.860. The van der Waals surface area contributed by atoms with Crippen LogP contribution in [0.1, 0.15) is 53.0 Å². The van der Waals surface area contributed by atoms with Crippen LogP contribution in [0.15, 0.2) is 22.7 Å². The first-order chi connectivity index (χ1) is 12.7. The van der Waals surface area contributed by atoms with Gasteiger partial charge in [-0.25, -0.2) is 4.79 Å². The summed E-state index contributed by atoms with van der Waals surface area (Å²) in [6.45, 7) is 10.5. The summed E-state index contributed by atoms with van der Waals surface area (Å²) in [5.41, 5.74) is 0.641. The zero-order chi connectivity index (χ0) is 20.6. The zero-order valence-corrected chi connectivity index (χ0v) is 18.2. The highest BCUT2D eigenvalue weighted by atomic mass is 79.9. The number of halogens is 1. The number of piperidine rings is 1. The zero-order valence-electron chi connectivity index (χ0n) is 16.6. The van der Waals surface area contributed by atoms with Gasteiger partial charge in [-0.15, -0.1) is 0 Å². The normalized spacial score (nSPS) is 14.5. The highest BCUT2D eigenvalue weighted by Gasteiger charge is 2.30. The molecule has 0 atom stereocenters. The molecule has 1 N–H and O–H groups in total. The second kappa shape index (κ2) is 10.3. The minimum absolute atomic E-state index is 0.0748. The predicted molar refractivity (Wildman–Crippen MR) is 109 cm³/mol. The number of hydrogen-bond donors (Lipinski definition) is 1. The van der Waals surface area contributed by atoms with Crippen LogP contribution >= 0.6 is 15.9 Å². The van der Waals surface area contributed by atoms with Gasteiger partial charge < -0.3 is 15.0 Å². The maximum Gasteiger partial charge on any atom is 0.410 e. The minimum Gasteiger partial charge on any atom is -0.444 e. The Morgan fingerprint density at radius 2 is 1.85 bits per heavy atom. The average molecular weight is 438 g/mol. The lowest BCUT2D eigenvalue weighted by molar-refractivity contribution is -0.121. The van der Waals surface area contributed by atoms with E-state index in [1.54, 1.807) is 23.1 Å². The Morgan fingerprint density at radius 3 is 2.33 bits per heavy atom. The van der Waals surface area contributed by atoms with Crippen LogP contribution in [-0.4, -0.2) is 35.6 Å². The molecule has 0 saturated carbocycles. The summed E-state index contributed by atoms with van der Waals surface area (Å²) in [5.74, 6) is -0.226. The number of ether oxygens (including phenoxy) is 1. The van der Waals surface area contributed by atoms with Crippen molar-refractivity contribution in [3.8, 4) is 6.07 Å². The van der Waals surface area contributed by atoms with Crippen molar-refractivity contribution in [2.24, 2.45) is 5.92 Å². The van der Waals surface area contributed by atoms with Crippen molar-refractivity contribution in [2.75, 3.05) is 18.4 Å². The number of carbonyl (C=O) groups is 2. The number of anilines is 1. The van der Waals surface area contributed by atoms with E-state index in [1.165, 1.54) is 0 Å². The van der Waals surface area contributed by atoms with Crippen molar-refractivity contribution in [1.29, 1.82) is 5.26 Å². The molecule has 0 radical (unpaired) electrons. The third-order valence-electron chi connectivity index (χ3n) is 3.87. The molecule has 0 aromatic heterocycles. The van der Waals surface area contributed by atoms with Gasteiger partial charge in [0.25, 0.3) is 0 Å². The quantitative estimate of drug-likeness (QED) is 0.710. The second-order valence-electron chi connectivity index (χ2n) is 7.04. The number of nitrogens with one attached hydrogen (secondary N) is 1. The first-order valence-electron chi connectivity index (χ1n) is 9.18. The molecule has 2 amide bonds. The SMILES string of the molecule is CC.CC(C)(C)OC(=O)N1CCC(C(=O)Nc2ccc(C#N)cc2Br)CC1. The second-order valence-corrected chi connectivity index (χ2v) is 7.89. The number of hydrogen-bond acceptors (Lipinski definition) is 4. The molecule has 1 heterocycles. The van der Waals surface area contributed by atoms with Gasteiger partial charge in [0.1, 0.15) is 5.60 Å². The predicted octanol–water partition coefficient (Wildman–Crippen LogP) is 4.93. The molecule has 1 aliphatic rings. The van der Waals surface area contributed by atoms with Crippen molar-refractivity contribution in [3.05, 3.63) is 28.2 Å². The Bertz CT molecular complexity index is 699. The fourth-order valence-electron chi connectivity index (χ4n) is 2.57. The molecule has 0 bridgehead atoms. The molecule has 2 rings (SSSR count). The first-order valence-corrected chi connectivity index (χ1v) is 9.97. The van der Waals surface area contributed by atoms with E-state index < -0.39 is 5.60 Å². The molecule has 27 heavy (non-hydrogen) atoms. The van der Waals surface area contributed by atoms with Crippen molar-refractivity contribution in [1.82, 2.24) is 4.90 Å². The highest BCUT2D eigenvalue weighted by Crippen LogP contribution is 2.26. The fraction of sp³-hybridized carbons (Fsp3) is 0.550. The van der Waals surface area contributed by atoms with E-state index >= 15 is 0 Å². The van der Waals surface area contributed by atoms with Crippen LogP contribution in [0.5, 0.6) is 0 Å². The van der Waals surface area contributed by atoms with Crippen LogP contribution in [0, 0.1) is 17.2 Å². The molecule has 1 aromatic rings. The Kier molecular flexibility index (Phi) is 8.77. The maximum atomic E-state index is 12.4. The lowest BCUT2D eigenvalue weighted by Crippen LogP contribution is -2.43.